The first-order valence-electron chi connectivity index (χ1n) is 8.59. The molecule has 2 heteroatoms. The van der Waals surface area contributed by atoms with Crippen LogP contribution in [0.4, 0.5) is 0 Å². The van der Waals surface area contributed by atoms with Crippen molar-refractivity contribution in [3.63, 3.8) is 0 Å². The highest BCUT2D eigenvalue weighted by atomic mass is 16.7. The summed E-state index contributed by atoms with van der Waals surface area (Å²) >= 11 is 0. The molecule has 0 heterocycles. The molecule has 0 aliphatic rings. The quantitative estimate of drug-likeness (QED) is 0.400. The van der Waals surface area contributed by atoms with Crippen LogP contribution in [0.25, 0.3) is 6.08 Å². The summed E-state index contributed by atoms with van der Waals surface area (Å²) in [4.78, 5) is 0. The molecule has 0 radical (unpaired) electrons. The molecule has 0 saturated carbocycles. The molecule has 0 aliphatic carbocycles. The van der Waals surface area contributed by atoms with Gasteiger partial charge in [-0.15, -0.1) is 0 Å². The van der Waals surface area contributed by atoms with E-state index in [4.69, 9.17) is 9.47 Å². The predicted molar refractivity (Wildman–Crippen MR) is 94.8 cm³/mol. The maximum atomic E-state index is 6.04. The number of hydrogen-bond donors (Lipinski definition) is 0. The van der Waals surface area contributed by atoms with Gasteiger partial charge < -0.3 is 9.47 Å². The lowest BCUT2D eigenvalue weighted by Gasteiger charge is -2.26. The lowest BCUT2D eigenvalue weighted by Crippen LogP contribution is -2.26. The molecule has 0 atom stereocenters. The molecule has 0 amide bonds. The molecule has 0 fully saturated rings. The maximum Gasteiger partial charge on any atom is 0.180 e. The van der Waals surface area contributed by atoms with Crippen molar-refractivity contribution in [2.45, 2.75) is 78.8 Å². The Labute approximate surface area is 136 Å². The minimum atomic E-state index is -0.253. The monoisotopic (exact) mass is 304 g/mol. The first kappa shape index (κ1) is 18.9. The van der Waals surface area contributed by atoms with E-state index in [-0.39, 0.29) is 18.5 Å². The van der Waals surface area contributed by atoms with E-state index in [1.165, 1.54) is 30.4 Å². The van der Waals surface area contributed by atoms with E-state index in [2.05, 4.69) is 65.0 Å². The third kappa shape index (κ3) is 7.77. The van der Waals surface area contributed by atoms with Gasteiger partial charge >= 0.3 is 0 Å². The van der Waals surface area contributed by atoms with Crippen LogP contribution in [0.2, 0.25) is 0 Å². The molecule has 0 N–H and O–H groups in total. The summed E-state index contributed by atoms with van der Waals surface area (Å²) in [5.74, 6) is 0. The molecule has 0 saturated heterocycles. The van der Waals surface area contributed by atoms with Crippen LogP contribution in [-0.2, 0) is 9.47 Å². The fraction of sp³-hybridized carbons (Fsp3) is 0.600. The Bertz CT molecular complexity index is 411. The highest BCUT2D eigenvalue weighted by Crippen LogP contribution is 2.22. The fourth-order valence-corrected chi connectivity index (χ4v) is 2.30. The second kappa shape index (κ2) is 10.6. The van der Waals surface area contributed by atoms with E-state index >= 15 is 0 Å². The normalized spacial score (nSPS) is 12.6. The Kier molecular flexibility index (Phi) is 9.10. The maximum absolute atomic E-state index is 6.04. The van der Waals surface area contributed by atoms with E-state index in [9.17, 15) is 0 Å². The molecule has 22 heavy (non-hydrogen) atoms. The lowest BCUT2D eigenvalue weighted by atomic mass is 10.0. The summed E-state index contributed by atoms with van der Waals surface area (Å²) in [6.45, 7) is 10.5. The van der Waals surface area contributed by atoms with Gasteiger partial charge in [0.1, 0.15) is 0 Å². The standard InChI is InChI=1S/C20H32O2/c1-6-7-9-14-19(15-18-12-10-8-11-13-18)20(21-16(2)3)22-17(4)5/h8,10-13,15-17,20H,6-7,9,14H2,1-5H3/b19-15+. The molecule has 2 nitrogen and oxygen atoms in total. The molecule has 0 aliphatic heterocycles. The van der Waals surface area contributed by atoms with Crippen LogP contribution < -0.4 is 0 Å². The molecule has 0 bridgehead atoms. The van der Waals surface area contributed by atoms with Crippen molar-refractivity contribution in [3.05, 3.63) is 41.5 Å². The van der Waals surface area contributed by atoms with Crippen LogP contribution in [0, 0.1) is 0 Å². The van der Waals surface area contributed by atoms with Crippen molar-refractivity contribution in [1.82, 2.24) is 0 Å². The molecule has 1 aromatic carbocycles. The van der Waals surface area contributed by atoms with Crippen LogP contribution in [0.3, 0.4) is 0 Å². The van der Waals surface area contributed by atoms with Gasteiger partial charge in [0, 0.05) is 0 Å². The summed E-state index contributed by atoms with van der Waals surface area (Å²) in [6.07, 6.45) is 6.92. The Morgan fingerprint density at radius 1 is 0.955 bits per heavy atom. The van der Waals surface area contributed by atoms with E-state index in [0.29, 0.717) is 0 Å². The van der Waals surface area contributed by atoms with Gasteiger partial charge in [-0.1, -0.05) is 56.2 Å². The minimum Gasteiger partial charge on any atom is -0.346 e. The zero-order valence-corrected chi connectivity index (χ0v) is 14.8. The Morgan fingerprint density at radius 2 is 1.55 bits per heavy atom. The second-order valence-corrected chi connectivity index (χ2v) is 6.29. The average Bonchev–Trinajstić information content (AvgIpc) is 2.46. The van der Waals surface area contributed by atoms with Crippen molar-refractivity contribution in [2.75, 3.05) is 0 Å². The first-order chi connectivity index (χ1) is 10.5. The first-order valence-corrected chi connectivity index (χ1v) is 8.59. The topological polar surface area (TPSA) is 18.5 Å². The zero-order valence-electron chi connectivity index (χ0n) is 14.8. The van der Waals surface area contributed by atoms with E-state index in [0.717, 1.165) is 6.42 Å². The van der Waals surface area contributed by atoms with E-state index in [1.807, 2.05) is 6.07 Å². The molecule has 0 unspecified atom stereocenters. The number of rotatable bonds is 10. The molecular weight excluding hydrogens is 272 g/mol. The van der Waals surface area contributed by atoms with Crippen LogP contribution in [0.5, 0.6) is 0 Å². The van der Waals surface area contributed by atoms with Gasteiger partial charge in [-0.3, -0.25) is 0 Å². The zero-order chi connectivity index (χ0) is 16.4. The summed E-state index contributed by atoms with van der Waals surface area (Å²) in [5, 5.41) is 0. The molecule has 1 rings (SSSR count). The van der Waals surface area contributed by atoms with Gasteiger partial charge in [0.2, 0.25) is 0 Å². The Morgan fingerprint density at radius 3 is 2.05 bits per heavy atom. The molecule has 124 valence electrons. The number of hydrogen-bond acceptors (Lipinski definition) is 2. The third-order valence-corrected chi connectivity index (χ3v) is 3.31. The number of benzene rings is 1. The van der Waals surface area contributed by atoms with Crippen molar-refractivity contribution < 1.29 is 9.47 Å². The highest BCUT2D eigenvalue weighted by molar-refractivity contribution is 5.53. The largest absolute Gasteiger partial charge is 0.346 e. The van der Waals surface area contributed by atoms with Crippen LogP contribution in [0.1, 0.15) is 65.9 Å². The summed E-state index contributed by atoms with van der Waals surface area (Å²) in [6, 6.07) is 10.4. The van der Waals surface area contributed by atoms with Gasteiger partial charge in [-0.05, 0) is 51.7 Å². The van der Waals surface area contributed by atoms with E-state index < -0.39 is 0 Å². The van der Waals surface area contributed by atoms with Gasteiger partial charge in [0.15, 0.2) is 6.29 Å². The fourth-order valence-electron chi connectivity index (χ4n) is 2.30. The second-order valence-electron chi connectivity index (χ2n) is 6.29. The van der Waals surface area contributed by atoms with Crippen molar-refractivity contribution >= 4 is 6.08 Å². The lowest BCUT2D eigenvalue weighted by molar-refractivity contribution is -0.159. The van der Waals surface area contributed by atoms with Crippen molar-refractivity contribution in [1.29, 1.82) is 0 Å². The van der Waals surface area contributed by atoms with Crippen LogP contribution >= 0.6 is 0 Å². The van der Waals surface area contributed by atoms with Crippen molar-refractivity contribution in [2.24, 2.45) is 0 Å². The molecule has 0 aromatic heterocycles. The molecule has 0 spiro atoms. The summed E-state index contributed by atoms with van der Waals surface area (Å²) < 4.78 is 12.1. The smallest absolute Gasteiger partial charge is 0.180 e. The van der Waals surface area contributed by atoms with Crippen LogP contribution in [0.15, 0.2) is 35.9 Å². The summed E-state index contributed by atoms with van der Waals surface area (Å²) in [5.41, 5.74) is 2.45. The van der Waals surface area contributed by atoms with Gasteiger partial charge in [-0.25, -0.2) is 0 Å². The van der Waals surface area contributed by atoms with Gasteiger partial charge in [0.25, 0.3) is 0 Å². The van der Waals surface area contributed by atoms with Gasteiger partial charge in [0.05, 0.1) is 12.2 Å². The molecule has 1 aromatic rings. The Balaban J connectivity index is 2.95. The highest BCUT2D eigenvalue weighted by Gasteiger charge is 2.18. The SMILES string of the molecule is CCCCC/C(=C\c1ccccc1)C(OC(C)C)OC(C)C. The van der Waals surface area contributed by atoms with Gasteiger partial charge in [-0.2, -0.15) is 0 Å². The molecular formula is C20H32O2. The van der Waals surface area contributed by atoms with Crippen LogP contribution in [-0.4, -0.2) is 18.5 Å². The predicted octanol–water partition coefficient (Wildman–Crippen LogP) is 5.83. The van der Waals surface area contributed by atoms with Crippen molar-refractivity contribution in [3.8, 4) is 0 Å². The number of unbranched alkanes of at least 4 members (excludes halogenated alkanes) is 2. The third-order valence-electron chi connectivity index (χ3n) is 3.31. The summed E-state index contributed by atoms with van der Waals surface area (Å²) in [7, 11) is 0. The Hall–Kier alpha value is -1.12. The number of ether oxygens (including phenoxy) is 2. The average molecular weight is 304 g/mol. The van der Waals surface area contributed by atoms with E-state index in [1.54, 1.807) is 0 Å². The minimum absolute atomic E-state index is 0.147.